The van der Waals surface area contributed by atoms with Crippen LogP contribution in [0.2, 0.25) is 0 Å². The van der Waals surface area contributed by atoms with Crippen LogP contribution in [0.4, 0.5) is 0 Å². The van der Waals surface area contributed by atoms with Crippen LogP contribution in [0.5, 0.6) is 17.2 Å². The first-order chi connectivity index (χ1) is 13.5. The molecule has 0 unspecified atom stereocenters. The maximum Gasteiger partial charge on any atom is 0.203 e. The van der Waals surface area contributed by atoms with Crippen LogP contribution in [0.3, 0.4) is 0 Å². The highest BCUT2D eigenvalue weighted by molar-refractivity contribution is 6.03. The molecule has 1 aromatic carbocycles. The van der Waals surface area contributed by atoms with E-state index in [-0.39, 0.29) is 17.1 Å². The largest absolute Gasteiger partial charge is 0.493 e. The van der Waals surface area contributed by atoms with E-state index in [0.29, 0.717) is 22.8 Å². The Morgan fingerprint density at radius 1 is 0.964 bits per heavy atom. The standard InChI is InChI=1S/C19H14N6O3/c1-26-12-4-10(5-13(27-2)14(12)28-3)15-18(8-22)16(11(6-20)7-21)25-17(24)19(15,18)9-23/h4-5,15H,1-3H3,(H2,24,25)/t15-,18+,19-/m1/s1. The summed E-state index contributed by atoms with van der Waals surface area (Å²) in [6.45, 7) is 0. The van der Waals surface area contributed by atoms with Crippen LogP contribution in [0.25, 0.3) is 0 Å². The zero-order valence-corrected chi connectivity index (χ0v) is 15.3. The molecule has 0 amide bonds. The molecule has 1 aliphatic heterocycles. The van der Waals surface area contributed by atoms with Gasteiger partial charge in [0.15, 0.2) is 17.1 Å². The van der Waals surface area contributed by atoms with Gasteiger partial charge in [-0.15, -0.1) is 0 Å². The maximum atomic E-state index is 10.0. The first-order valence-electron chi connectivity index (χ1n) is 7.99. The Bertz CT molecular complexity index is 1070. The molecule has 2 N–H and O–H groups in total. The summed E-state index contributed by atoms with van der Waals surface area (Å²) in [6, 6.07) is 10.9. The second-order valence-electron chi connectivity index (χ2n) is 6.18. The topological polar surface area (TPSA) is 161 Å². The second kappa shape index (κ2) is 6.20. The summed E-state index contributed by atoms with van der Waals surface area (Å²) in [5, 5.41) is 38.5. The molecular weight excluding hydrogens is 360 g/mol. The van der Waals surface area contributed by atoms with Crippen LogP contribution in [0, 0.1) is 56.2 Å². The van der Waals surface area contributed by atoms with E-state index >= 15 is 0 Å². The van der Waals surface area contributed by atoms with Gasteiger partial charge in [0.1, 0.15) is 28.8 Å². The van der Waals surface area contributed by atoms with Crippen molar-refractivity contribution >= 4 is 5.84 Å². The van der Waals surface area contributed by atoms with Crippen LogP contribution in [-0.4, -0.2) is 27.2 Å². The lowest BCUT2D eigenvalue weighted by molar-refractivity contribution is 0.323. The van der Waals surface area contributed by atoms with E-state index in [1.165, 1.54) is 21.3 Å². The Balaban J connectivity index is 2.32. The zero-order chi connectivity index (χ0) is 20.7. The average molecular weight is 374 g/mol. The highest BCUT2D eigenvalue weighted by Gasteiger charge is 2.86. The fraction of sp³-hybridized carbons (Fsp3) is 0.316. The van der Waals surface area contributed by atoms with Crippen molar-refractivity contribution in [3.63, 3.8) is 0 Å². The predicted molar refractivity (Wildman–Crippen MR) is 94.8 cm³/mol. The van der Waals surface area contributed by atoms with E-state index in [1.54, 1.807) is 24.3 Å². The molecule has 1 fully saturated rings. The first-order valence-corrected chi connectivity index (χ1v) is 7.99. The molecule has 0 aromatic heterocycles. The lowest BCUT2D eigenvalue weighted by Crippen LogP contribution is -2.25. The monoisotopic (exact) mass is 374 g/mol. The summed E-state index contributed by atoms with van der Waals surface area (Å²) in [5.74, 6) is 0.166. The molecule has 0 bridgehead atoms. The van der Waals surface area contributed by atoms with Crippen molar-refractivity contribution in [3.8, 4) is 41.5 Å². The van der Waals surface area contributed by atoms with Crippen LogP contribution < -0.4 is 19.9 Å². The molecule has 2 aliphatic rings. The number of allylic oxidation sites excluding steroid dienone is 2. The lowest BCUT2D eigenvalue weighted by atomic mass is 9.92. The number of aliphatic imine (C=N–C) groups is 1. The van der Waals surface area contributed by atoms with Crippen molar-refractivity contribution in [2.75, 3.05) is 21.3 Å². The van der Waals surface area contributed by atoms with E-state index in [0.717, 1.165) is 0 Å². The number of nitrogens with two attached hydrogens (primary N) is 1. The molecule has 1 aliphatic carbocycles. The normalized spacial score (nSPS) is 26.5. The highest BCUT2D eigenvalue weighted by atomic mass is 16.5. The summed E-state index contributed by atoms with van der Waals surface area (Å²) in [6.07, 6.45) is 0. The Morgan fingerprint density at radius 3 is 1.89 bits per heavy atom. The van der Waals surface area contributed by atoms with Gasteiger partial charge in [-0.3, -0.25) is 0 Å². The van der Waals surface area contributed by atoms with E-state index in [2.05, 4.69) is 17.1 Å². The molecule has 3 atom stereocenters. The molecule has 9 nitrogen and oxygen atoms in total. The molecule has 0 radical (unpaired) electrons. The van der Waals surface area contributed by atoms with E-state index in [4.69, 9.17) is 19.9 Å². The second-order valence-corrected chi connectivity index (χ2v) is 6.18. The smallest absolute Gasteiger partial charge is 0.203 e. The maximum absolute atomic E-state index is 10.0. The number of hydrogen-bond donors (Lipinski definition) is 1. The van der Waals surface area contributed by atoms with Gasteiger partial charge < -0.3 is 19.9 Å². The fourth-order valence-electron chi connectivity index (χ4n) is 4.01. The minimum atomic E-state index is -1.54. The Hall–Kier alpha value is -4.21. The van der Waals surface area contributed by atoms with Crippen molar-refractivity contribution in [1.29, 1.82) is 21.0 Å². The SMILES string of the molecule is COc1cc([C@H]2[C@]3(C#N)C(N)=NC(=C(C#N)C#N)[C@]23C#N)cc(OC)c1OC. The van der Waals surface area contributed by atoms with Gasteiger partial charge in [-0.25, -0.2) is 4.99 Å². The molecule has 1 heterocycles. The molecule has 1 saturated carbocycles. The van der Waals surface area contributed by atoms with Gasteiger partial charge >= 0.3 is 0 Å². The number of benzene rings is 1. The Labute approximate surface area is 161 Å². The molecular formula is C19H14N6O3. The zero-order valence-electron chi connectivity index (χ0n) is 15.3. The van der Waals surface area contributed by atoms with Crippen molar-refractivity contribution in [1.82, 2.24) is 0 Å². The number of amidine groups is 1. The van der Waals surface area contributed by atoms with Crippen LogP contribution in [0.1, 0.15) is 11.5 Å². The lowest BCUT2D eigenvalue weighted by Gasteiger charge is -2.15. The van der Waals surface area contributed by atoms with Crippen molar-refractivity contribution in [2.24, 2.45) is 21.6 Å². The number of ether oxygens (including phenoxy) is 3. The van der Waals surface area contributed by atoms with Crippen LogP contribution in [0.15, 0.2) is 28.4 Å². The van der Waals surface area contributed by atoms with Crippen LogP contribution >= 0.6 is 0 Å². The van der Waals surface area contributed by atoms with E-state index in [9.17, 15) is 21.0 Å². The Morgan fingerprint density at radius 2 is 1.50 bits per heavy atom. The predicted octanol–water partition coefficient (Wildman–Crippen LogP) is 1.50. The van der Waals surface area contributed by atoms with Gasteiger partial charge in [0.05, 0.1) is 39.2 Å². The summed E-state index contributed by atoms with van der Waals surface area (Å²) < 4.78 is 16.0. The van der Waals surface area contributed by atoms with E-state index in [1.807, 2.05) is 0 Å². The molecule has 138 valence electrons. The molecule has 1 aromatic rings. The molecule has 0 saturated heterocycles. The third-order valence-electron chi connectivity index (χ3n) is 5.25. The first kappa shape index (κ1) is 18.6. The molecule has 0 spiro atoms. The van der Waals surface area contributed by atoms with Crippen LogP contribution in [-0.2, 0) is 0 Å². The number of nitriles is 4. The van der Waals surface area contributed by atoms with Crippen molar-refractivity contribution in [2.45, 2.75) is 5.92 Å². The van der Waals surface area contributed by atoms with Gasteiger partial charge in [-0.1, -0.05) is 0 Å². The summed E-state index contributed by atoms with van der Waals surface area (Å²) >= 11 is 0. The van der Waals surface area contributed by atoms with Gasteiger partial charge in [0.2, 0.25) is 5.75 Å². The highest BCUT2D eigenvalue weighted by Crippen LogP contribution is 2.80. The summed E-state index contributed by atoms with van der Waals surface area (Å²) in [7, 11) is 4.34. The minimum absolute atomic E-state index is 0.0854. The van der Waals surface area contributed by atoms with E-state index < -0.39 is 16.7 Å². The minimum Gasteiger partial charge on any atom is -0.493 e. The van der Waals surface area contributed by atoms with Gasteiger partial charge in [0.25, 0.3) is 0 Å². The third kappa shape index (κ3) is 1.88. The van der Waals surface area contributed by atoms with Gasteiger partial charge in [-0.2, -0.15) is 21.0 Å². The number of methoxy groups -OCH3 is 3. The Kier molecular flexibility index (Phi) is 4.11. The molecule has 3 rings (SSSR count). The quantitative estimate of drug-likeness (QED) is 0.775. The summed E-state index contributed by atoms with van der Waals surface area (Å²) in [4.78, 5) is 4.04. The van der Waals surface area contributed by atoms with Gasteiger partial charge in [-0.05, 0) is 17.7 Å². The van der Waals surface area contributed by atoms with Crippen molar-refractivity contribution in [3.05, 3.63) is 29.0 Å². The molecule has 28 heavy (non-hydrogen) atoms. The fourth-order valence-corrected chi connectivity index (χ4v) is 4.01. The van der Waals surface area contributed by atoms with Gasteiger partial charge in [0, 0.05) is 5.92 Å². The summed E-state index contributed by atoms with van der Waals surface area (Å²) in [5.41, 5.74) is 3.08. The number of nitrogens with zero attached hydrogens (tertiary/aromatic N) is 5. The average Bonchev–Trinajstić information content (AvgIpc) is 3.28. The third-order valence-corrected chi connectivity index (χ3v) is 5.25. The number of fused-ring (bicyclic) bond motifs is 1. The molecule has 9 heteroatoms. The number of rotatable bonds is 4. The number of hydrogen-bond acceptors (Lipinski definition) is 9. The van der Waals surface area contributed by atoms with Crippen molar-refractivity contribution < 1.29 is 14.2 Å².